The van der Waals surface area contributed by atoms with Crippen molar-refractivity contribution in [3.8, 4) is 5.75 Å². The van der Waals surface area contributed by atoms with Crippen molar-refractivity contribution < 1.29 is 19.0 Å². The minimum Gasteiger partial charge on any atom is -0.508 e. The molecule has 1 aliphatic heterocycles. The number of ether oxygens (including phenoxy) is 1. The van der Waals surface area contributed by atoms with Crippen LogP contribution in [0.15, 0.2) is 59.3 Å². The number of aromatic hydroxyl groups is 1. The van der Waals surface area contributed by atoms with Crippen molar-refractivity contribution in [1.29, 1.82) is 0 Å². The molecular weight excluding hydrogens is 383 g/mol. The van der Waals surface area contributed by atoms with E-state index < -0.39 is 5.97 Å². The van der Waals surface area contributed by atoms with Gasteiger partial charge in [0.25, 0.3) is 0 Å². The molecule has 3 rings (SSSR count). The molecule has 1 heterocycles. The number of carbonyl (C=O) groups is 1. The summed E-state index contributed by atoms with van der Waals surface area (Å²) in [7, 11) is 0. The molecule has 0 amide bonds. The quantitative estimate of drug-likeness (QED) is 0.576. The molecule has 0 saturated carbocycles. The SMILES string of the molecule is CCOC(=O)/C=C(\C)N1N=C(c2ccc(F)cc2)C[C@H]1c1cc(Cl)ccc1O. The number of hydrogen-bond acceptors (Lipinski definition) is 5. The molecule has 2 aromatic rings. The largest absolute Gasteiger partial charge is 0.508 e. The van der Waals surface area contributed by atoms with E-state index >= 15 is 0 Å². The van der Waals surface area contributed by atoms with Gasteiger partial charge in [0.15, 0.2) is 0 Å². The van der Waals surface area contributed by atoms with Crippen LogP contribution in [0.2, 0.25) is 5.02 Å². The van der Waals surface area contributed by atoms with Crippen LogP contribution in [-0.2, 0) is 9.53 Å². The molecule has 0 unspecified atom stereocenters. The van der Waals surface area contributed by atoms with Crippen molar-refractivity contribution in [2.24, 2.45) is 5.10 Å². The first-order chi connectivity index (χ1) is 13.4. The van der Waals surface area contributed by atoms with Crippen LogP contribution in [0.3, 0.4) is 0 Å². The molecule has 0 bridgehead atoms. The molecule has 0 aromatic heterocycles. The summed E-state index contributed by atoms with van der Waals surface area (Å²) >= 11 is 6.12. The van der Waals surface area contributed by atoms with Gasteiger partial charge in [-0.3, -0.25) is 5.01 Å². The summed E-state index contributed by atoms with van der Waals surface area (Å²) in [6.45, 7) is 3.74. The third-order valence-corrected chi connectivity index (χ3v) is 4.65. The first kappa shape index (κ1) is 19.9. The van der Waals surface area contributed by atoms with Crippen LogP contribution in [-0.4, -0.2) is 28.4 Å². The molecule has 7 heteroatoms. The van der Waals surface area contributed by atoms with Crippen molar-refractivity contribution in [1.82, 2.24) is 5.01 Å². The number of halogens is 2. The number of phenols is 1. The third kappa shape index (κ3) is 4.34. The van der Waals surface area contributed by atoms with E-state index in [2.05, 4.69) is 5.10 Å². The number of carbonyl (C=O) groups excluding carboxylic acids is 1. The number of phenolic OH excluding ortho intramolecular Hbond substituents is 1. The fourth-order valence-corrected chi connectivity index (χ4v) is 3.29. The lowest BCUT2D eigenvalue weighted by Gasteiger charge is -2.25. The zero-order valence-electron chi connectivity index (χ0n) is 15.5. The van der Waals surface area contributed by atoms with Gasteiger partial charge >= 0.3 is 5.97 Å². The molecule has 0 spiro atoms. The normalized spacial score (nSPS) is 16.9. The Hall–Kier alpha value is -2.86. The molecule has 1 N–H and O–H groups in total. The highest BCUT2D eigenvalue weighted by Gasteiger charge is 2.32. The van der Waals surface area contributed by atoms with E-state index in [0.29, 0.717) is 28.4 Å². The maximum absolute atomic E-state index is 13.3. The van der Waals surface area contributed by atoms with Crippen LogP contribution in [0.4, 0.5) is 4.39 Å². The van der Waals surface area contributed by atoms with E-state index in [1.165, 1.54) is 24.3 Å². The van der Waals surface area contributed by atoms with Crippen LogP contribution in [0.25, 0.3) is 0 Å². The first-order valence-corrected chi connectivity index (χ1v) is 9.23. The Morgan fingerprint density at radius 1 is 1.36 bits per heavy atom. The highest BCUT2D eigenvalue weighted by Crippen LogP contribution is 2.40. The Labute approximate surface area is 167 Å². The highest BCUT2D eigenvalue weighted by molar-refractivity contribution is 6.30. The predicted octanol–water partition coefficient (Wildman–Crippen LogP) is 4.80. The van der Waals surface area contributed by atoms with E-state index in [4.69, 9.17) is 16.3 Å². The number of allylic oxidation sites excluding steroid dienone is 1. The number of rotatable bonds is 5. The lowest BCUT2D eigenvalue weighted by Crippen LogP contribution is -2.19. The summed E-state index contributed by atoms with van der Waals surface area (Å²) < 4.78 is 18.3. The van der Waals surface area contributed by atoms with E-state index in [9.17, 15) is 14.3 Å². The Morgan fingerprint density at radius 3 is 2.75 bits per heavy atom. The minimum absolute atomic E-state index is 0.0823. The highest BCUT2D eigenvalue weighted by atomic mass is 35.5. The average molecular weight is 403 g/mol. The Bertz CT molecular complexity index is 941. The lowest BCUT2D eigenvalue weighted by molar-refractivity contribution is -0.137. The molecule has 2 aromatic carbocycles. The third-order valence-electron chi connectivity index (χ3n) is 4.41. The maximum Gasteiger partial charge on any atom is 0.332 e. The molecule has 5 nitrogen and oxygen atoms in total. The zero-order chi connectivity index (χ0) is 20.3. The summed E-state index contributed by atoms with van der Waals surface area (Å²) in [6, 6.07) is 10.5. The first-order valence-electron chi connectivity index (χ1n) is 8.85. The average Bonchev–Trinajstić information content (AvgIpc) is 3.09. The second-order valence-corrected chi connectivity index (χ2v) is 6.80. The minimum atomic E-state index is -0.473. The second kappa shape index (κ2) is 8.44. The van der Waals surface area contributed by atoms with Gasteiger partial charge in [0.1, 0.15) is 11.6 Å². The van der Waals surface area contributed by atoms with Crippen molar-refractivity contribution in [2.75, 3.05) is 6.61 Å². The number of benzene rings is 2. The number of nitrogens with zero attached hydrogens (tertiary/aromatic N) is 2. The van der Waals surface area contributed by atoms with Crippen molar-refractivity contribution in [2.45, 2.75) is 26.3 Å². The molecular formula is C21H20ClFN2O3. The van der Waals surface area contributed by atoms with E-state index in [0.717, 1.165) is 5.56 Å². The van der Waals surface area contributed by atoms with E-state index in [1.807, 2.05) is 0 Å². The van der Waals surface area contributed by atoms with Gasteiger partial charge in [-0.05, 0) is 49.7 Å². The molecule has 0 fully saturated rings. The van der Waals surface area contributed by atoms with Crippen molar-refractivity contribution >= 4 is 23.3 Å². The van der Waals surface area contributed by atoms with Gasteiger partial charge in [-0.15, -0.1) is 0 Å². The van der Waals surface area contributed by atoms with Gasteiger partial charge in [-0.2, -0.15) is 5.10 Å². The summed E-state index contributed by atoms with van der Waals surface area (Å²) in [4.78, 5) is 11.9. The fraction of sp³-hybridized carbons (Fsp3) is 0.238. The summed E-state index contributed by atoms with van der Waals surface area (Å²) in [6.07, 6.45) is 1.81. The predicted molar refractivity (Wildman–Crippen MR) is 106 cm³/mol. The van der Waals surface area contributed by atoms with Crippen LogP contribution >= 0.6 is 11.6 Å². The smallest absolute Gasteiger partial charge is 0.332 e. The molecule has 28 heavy (non-hydrogen) atoms. The van der Waals surface area contributed by atoms with Gasteiger partial charge in [0.2, 0.25) is 0 Å². The monoisotopic (exact) mass is 402 g/mol. The Morgan fingerprint density at radius 2 is 2.07 bits per heavy atom. The molecule has 1 atom stereocenters. The van der Waals surface area contributed by atoms with Gasteiger partial charge < -0.3 is 9.84 Å². The van der Waals surface area contributed by atoms with Gasteiger partial charge in [-0.25, -0.2) is 9.18 Å². The molecule has 0 saturated heterocycles. The van der Waals surface area contributed by atoms with Crippen LogP contribution in [0.1, 0.15) is 37.4 Å². The van der Waals surface area contributed by atoms with E-state index in [-0.39, 0.29) is 24.2 Å². The standard InChI is InChI=1S/C21H20ClFN2O3/c1-3-28-21(27)10-13(2)25-19(17-11-15(22)6-9-20(17)26)12-18(24-25)14-4-7-16(23)8-5-14/h4-11,19,26H,3,12H2,1-2H3/b13-10+/t19-/m0/s1. The summed E-state index contributed by atoms with van der Waals surface area (Å²) in [5.41, 5.74) is 2.62. The second-order valence-electron chi connectivity index (χ2n) is 6.36. The number of esters is 1. The summed E-state index contributed by atoms with van der Waals surface area (Å²) in [5.74, 6) is -0.722. The molecule has 0 radical (unpaired) electrons. The fourth-order valence-electron chi connectivity index (χ4n) is 3.11. The van der Waals surface area contributed by atoms with Crippen molar-refractivity contribution in [3.05, 3.63) is 76.2 Å². The lowest BCUT2D eigenvalue weighted by atomic mass is 9.97. The Kier molecular flexibility index (Phi) is 5.99. The maximum atomic E-state index is 13.3. The number of hydrogen-bond donors (Lipinski definition) is 1. The van der Waals surface area contributed by atoms with Gasteiger partial charge in [0.05, 0.1) is 18.4 Å². The molecule has 1 aliphatic rings. The van der Waals surface area contributed by atoms with Gasteiger partial charge in [0, 0.05) is 28.8 Å². The van der Waals surface area contributed by atoms with E-state index in [1.54, 1.807) is 43.1 Å². The van der Waals surface area contributed by atoms with Crippen LogP contribution < -0.4 is 0 Å². The van der Waals surface area contributed by atoms with Crippen LogP contribution in [0, 0.1) is 5.82 Å². The number of hydrazone groups is 1. The Balaban J connectivity index is 2.01. The van der Waals surface area contributed by atoms with Gasteiger partial charge in [-0.1, -0.05) is 23.7 Å². The summed E-state index contributed by atoms with van der Waals surface area (Å²) in [5, 5.41) is 17.1. The topological polar surface area (TPSA) is 62.1 Å². The van der Waals surface area contributed by atoms with Crippen LogP contribution in [0.5, 0.6) is 5.75 Å². The molecule has 146 valence electrons. The zero-order valence-corrected chi connectivity index (χ0v) is 16.3. The van der Waals surface area contributed by atoms with Crippen molar-refractivity contribution in [3.63, 3.8) is 0 Å². The molecule has 0 aliphatic carbocycles.